The van der Waals surface area contributed by atoms with E-state index in [1.807, 2.05) is 19.6 Å². The lowest BCUT2D eigenvalue weighted by molar-refractivity contribution is -0.133. The molecule has 22 heteroatoms. The molecule has 0 saturated carbocycles. The number of carbonyl (C=O) groups excluding carboxylic acids is 2. The molecule has 308 valence electrons. The largest absolute Gasteiger partial charge is 0.344 e. The molecule has 1 unspecified atom stereocenters. The molecular formula is C30H66N7O12P3. The standard InChI is InChI=1S/C30H66N7O12P3/c1-8-44-50(40,45-9-2)25-35-16-14-34(23-29(39)33-24-43-30(31)28(38)22-32-7)15-17-36(26-51(41,46-10-3)47-11-4)19-21-37(20-18-35)27-52(42,48-12-5)49-13-6/h30,32H,8-27,31H2,1-7H3,(H,33,39). The molecular weight excluding hydrogens is 743 g/mol. The van der Waals surface area contributed by atoms with Crippen molar-refractivity contribution >= 4 is 34.5 Å². The Morgan fingerprint density at radius 2 is 0.904 bits per heavy atom. The number of likely N-dealkylation sites (N-methyl/N-ethyl adjacent to an activating group) is 1. The lowest BCUT2D eigenvalue weighted by atomic mass is 10.3. The molecule has 4 N–H and O–H groups in total. The van der Waals surface area contributed by atoms with Crippen molar-refractivity contribution in [3.63, 3.8) is 0 Å². The van der Waals surface area contributed by atoms with Crippen LogP contribution in [0.1, 0.15) is 41.5 Å². The predicted octanol–water partition coefficient (Wildman–Crippen LogP) is 2.04. The highest BCUT2D eigenvalue weighted by Gasteiger charge is 2.33. The van der Waals surface area contributed by atoms with E-state index in [9.17, 15) is 23.3 Å². The molecule has 0 bridgehead atoms. The second kappa shape index (κ2) is 27.0. The number of carbonyl (C=O) groups is 2. The summed E-state index contributed by atoms with van der Waals surface area (Å²) in [5, 5.41) is 5.36. The molecule has 19 nitrogen and oxygen atoms in total. The number of Topliss-reactive ketones (excluding diaryl/α,β-unsaturated/α-hetero) is 1. The lowest BCUT2D eigenvalue weighted by Gasteiger charge is -2.36. The monoisotopic (exact) mass is 809 g/mol. The SMILES string of the molecule is CCOP(=O)(CN1CCN(CC(=O)NCOC(N)C(=O)CNC)CCN(CP(=O)(OCC)OCC)CCN(CP(=O)(OCC)OCC)CC1)OCC. The van der Waals surface area contributed by atoms with E-state index in [1.54, 1.807) is 48.6 Å². The summed E-state index contributed by atoms with van der Waals surface area (Å²) < 4.78 is 80.0. The minimum atomic E-state index is -3.50. The Hall–Kier alpha value is -0.690. The summed E-state index contributed by atoms with van der Waals surface area (Å²) in [5.41, 5.74) is 5.76. The van der Waals surface area contributed by atoms with Gasteiger partial charge in [0.05, 0.1) is 52.7 Å². The number of nitrogens with two attached hydrogens (primary N) is 1. The fourth-order valence-corrected chi connectivity index (χ4v) is 10.7. The first kappa shape index (κ1) is 49.3. The van der Waals surface area contributed by atoms with Crippen molar-refractivity contribution in [2.45, 2.75) is 47.8 Å². The van der Waals surface area contributed by atoms with Gasteiger partial charge in [-0.25, -0.2) is 0 Å². The molecule has 1 fully saturated rings. The van der Waals surface area contributed by atoms with Crippen LogP contribution in [-0.2, 0) is 55.2 Å². The predicted molar refractivity (Wildman–Crippen MR) is 199 cm³/mol. The van der Waals surface area contributed by atoms with E-state index in [0.717, 1.165) is 0 Å². The zero-order chi connectivity index (χ0) is 39.0. The number of hydrogen-bond donors (Lipinski definition) is 3. The van der Waals surface area contributed by atoms with Crippen molar-refractivity contribution in [3.8, 4) is 0 Å². The zero-order valence-corrected chi connectivity index (χ0v) is 35.0. The van der Waals surface area contributed by atoms with Gasteiger partial charge in [0, 0.05) is 52.4 Å². The summed E-state index contributed by atoms with van der Waals surface area (Å²) in [6, 6.07) is 0. The van der Waals surface area contributed by atoms with Crippen molar-refractivity contribution in [2.75, 3.05) is 138 Å². The molecule has 0 spiro atoms. The van der Waals surface area contributed by atoms with Gasteiger partial charge < -0.3 is 42.5 Å². The van der Waals surface area contributed by atoms with E-state index in [-0.39, 0.29) is 90.0 Å². The van der Waals surface area contributed by atoms with Crippen LogP contribution in [-0.4, -0.2) is 175 Å². The number of amides is 1. The Morgan fingerprint density at radius 3 is 1.19 bits per heavy atom. The van der Waals surface area contributed by atoms with E-state index >= 15 is 0 Å². The number of nitrogens with zero attached hydrogens (tertiary/aromatic N) is 4. The summed E-state index contributed by atoms with van der Waals surface area (Å²) in [4.78, 5) is 32.8. The van der Waals surface area contributed by atoms with Crippen LogP contribution in [0.4, 0.5) is 0 Å². The second-order valence-electron chi connectivity index (χ2n) is 11.7. The first-order chi connectivity index (χ1) is 24.7. The Balaban J connectivity index is 3.39. The van der Waals surface area contributed by atoms with Crippen LogP contribution >= 0.6 is 22.8 Å². The number of ether oxygens (including phenoxy) is 1. The van der Waals surface area contributed by atoms with Gasteiger partial charge in [-0.3, -0.25) is 48.6 Å². The molecule has 1 atom stereocenters. The van der Waals surface area contributed by atoms with E-state index in [1.165, 1.54) is 0 Å². The number of nitrogens with one attached hydrogen (secondary N) is 2. The minimum absolute atomic E-state index is 0.00152. The fourth-order valence-electron chi connectivity index (χ4n) is 5.27. The molecule has 0 radical (unpaired) electrons. The average Bonchev–Trinajstić information content (AvgIpc) is 3.06. The Morgan fingerprint density at radius 1 is 0.596 bits per heavy atom. The van der Waals surface area contributed by atoms with Gasteiger partial charge in [-0.05, 0) is 48.6 Å². The quantitative estimate of drug-likeness (QED) is 0.0843. The summed E-state index contributed by atoms with van der Waals surface area (Å²) in [5.74, 6) is -0.721. The van der Waals surface area contributed by atoms with Gasteiger partial charge in [0.15, 0.2) is 12.0 Å². The van der Waals surface area contributed by atoms with Crippen molar-refractivity contribution in [3.05, 3.63) is 0 Å². The highest BCUT2D eigenvalue weighted by molar-refractivity contribution is 7.54. The van der Waals surface area contributed by atoms with Crippen LogP contribution in [0.15, 0.2) is 0 Å². The molecule has 1 aliphatic rings. The van der Waals surface area contributed by atoms with Crippen molar-refractivity contribution in [2.24, 2.45) is 5.73 Å². The van der Waals surface area contributed by atoms with E-state index in [4.69, 9.17) is 37.6 Å². The Labute approximate surface area is 310 Å². The molecule has 1 heterocycles. The molecule has 0 aromatic heterocycles. The zero-order valence-electron chi connectivity index (χ0n) is 32.3. The third-order valence-corrected chi connectivity index (χ3v) is 13.7. The van der Waals surface area contributed by atoms with Gasteiger partial charge in [-0.1, -0.05) is 0 Å². The van der Waals surface area contributed by atoms with Gasteiger partial charge >= 0.3 is 22.8 Å². The van der Waals surface area contributed by atoms with E-state index in [0.29, 0.717) is 52.4 Å². The maximum atomic E-state index is 13.7. The molecule has 52 heavy (non-hydrogen) atoms. The highest BCUT2D eigenvalue weighted by Crippen LogP contribution is 2.50. The third-order valence-electron chi connectivity index (χ3n) is 7.57. The molecule has 0 aliphatic carbocycles. The first-order valence-corrected chi connectivity index (χ1v) is 23.3. The van der Waals surface area contributed by atoms with E-state index < -0.39 is 29.0 Å². The van der Waals surface area contributed by atoms with Gasteiger partial charge in [0.2, 0.25) is 5.91 Å². The maximum Gasteiger partial charge on any atom is 0.344 e. The normalized spacial score (nSPS) is 17.8. The number of rotatable bonds is 26. The molecule has 0 aromatic rings. The van der Waals surface area contributed by atoms with Gasteiger partial charge in [0.25, 0.3) is 0 Å². The van der Waals surface area contributed by atoms with Gasteiger partial charge in [0.1, 0.15) is 25.6 Å². The maximum absolute atomic E-state index is 13.7. The number of hydrogen-bond acceptors (Lipinski definition) is 18. The Bertz CT molecular complexity index is 1080. The van der Waals surface area contributed by atoms with Crippen LogP contribution in [0.3, 0.4) is 0 Å². The average molecular weight is 810 g/mol. The Kier molecular flexibility index (Phi) is 25.6. The topological polar surface area (TPSA) is 213 Å². The fraction of sp³-hybridized carbons (Fsp3) is 0.933. The summed E-state index contributed by atoms with van der Waals surface area (Å²) in [6.45, 7) is 14.4. The summed E-state index contributed by atoms with van der Waals surface area (Å²) in [7, 11) is -8.88. The molecule has 1 aliphatic heterocycles. The van der Waals surface area contributed by atoms with Crippen LogP contribution in [0.2, 0.25) is 0 Å². The van der Waals surface area contributed by atoms with Gasteiger partial charge in [-0.15, -0.1) is 0 Å². The van der Waals surface area contributed by atoms with Crippen molar-refractivity contribution < 1.29 is 55.2 Å². The first-order valence-electron chi connectivity index (χ1n) is 18.1. The highest BCUT2D eigenvalue weighted by atomic mass is 31.2. The van der Waals surface area contributed by atoms with Crippen LogP contribution in [0.5, 0.6) is 0 Å². The lowest BCUT2D eigenvalue weighted by Crippen LogP contribution is -2.49. The molecule has 1 saturated heterocycles. The smallest absolute Gasteiger partial charge is 0.336 e. The summed E-state index contributed by atoms with van der Waals surface area (Å²) >= 11 is 0. The van der Waals surface area contributed by atoms with E-state index in [2.05, 4.69) is 10.6 Å². The van der Waals surface area contributed by atoms with Crippen LogP contribution < -0.4 is 16.4 Å². The molecule has 0 aromatic carbocycles. The molecule has 1 rings (SSSR count). The number of ketones is 1. The second-order valence-corrected chi connectivity index (χ2v) is 17.8. The van der Waals surface area contributed by atoms with Crippen LogP contribution in [0, 0.1) is 0 Å². The minimum Gasteiger partial charge on any atom is -0.336 e. The third kappa shape index (κ3) is 20.3. The van der Waals surface area contributed by atoms with Crippen LogP contribution in [0.25, 0.3) is 0 Å². The van der Waals surface area contributed by atoms with Crippen molar-refractivity contribution in [1.29, 1.82) is 0 Å². The summed E-state index contributed by atoms with van der Waals surface area (Å²) in [6.07, 6.45) is -1.17. The van der Waals surface area contributed by atoms with Crippen molar-refractivity contribution in [1.82, 2.24) is 30.2 Å². The van der Waals surface area contributed by atoms with Gasteiger partial charge in [-0.2, -0.15) is 0 Å². The molecule has 1 amide bonds.